The number of thiol groups is 1. The van der Waals surface area contributed by atoms with E-state index in [0.717, 1.165) is 22.0 Å². The summed E-state index contributed by atoms with van der Waals surface area (Å²) in [4.78, 5) is 54.8. The van der Waals surface area contributed by atoms with Crippen molar-refractivity contribution in [1.82, 2.24) is 26.3 Å². The third kappa shape index (κ3) is 10.7. The molecule has 43 heavy (non-hydrogen) atoms. The SMILES string of the molecule is N=C(N)NCCC[C@H](NC(=O)CCCc1ccccc1)C(=O)N[C@@H](Cc1c[nH]c2ccccc12)C(=O)N[C@@H](CS)C(N)=O. The van der Waals surface area contributed by atoms with Crippen LogP contribution in [0.15, 0.2) is 60.8 Å². The maximum absolute atomic E-state index is 13.6. The molecule has 0 saturated carbocycles. The fourth-order valence-electron chi connectivity index (χ4n) is 4.64. The van der Waals surface area contributed by atoms with Crippen molar-refractivity contribution in [3.05, 3.63) is 71.9 Å². The minimum atomic E-state index is -1.08. The molecule has 2 aromatic carbocycles. The van der Waals surface area contributed by atoms with Gasteiger partial charge in [-0.2, -0.15) is 12.6 Å². The number of benzene rings is 2. The van der Waals surface area contributed by atoms with E-state index in [-0.39, 0.29) is 36.9 Å². The van der Waals surface area contributed by atoms with E-state index in [9.17, 15) is 19.2 Å². The molecule has 0 aliphatic rings. The van der Waals surface area contributed by atoms with Crippen LogP contribution in [0.4, 0.5) is 0 Å². The summed E-state index contributed by atoms with van der Waals surface area (Å²) in [5.41, 5.74) is 13.5. The Hall–Kier alpha value is -4.52. The first-order valence-corrected chi connectivity index (χ1v) is 14.8. The summed E-state index contributed by atoms with van der Waals surface area (Å²) in [5, 5.41) is 19.1. The van der Waals surface area contributed by atoms with Gasteiger partial charge in [0.2, 0.25) is 23.6 Å². The standard InChI is InChI=1S/C30H40N8O4S/c31-27(40)25(18-43)38-29(42)24(16-20-17-35-22-12-5-4-11-21(20)22)37-28(41)23(13-7-15-34-30(32)33)36-26(39)14-6-10-19-8-2-1-3-9-19/h1-5,8-9,11-12,17,23-25,35,43H,6-7,10,13-16,18H2,(H2,31,40)(H,36,39)(H,37,41)(H,38,42)(H4,32,33,34)/t23-,24-,25-/m0/s1. The molecule has 12 nitrogen and oxygen atoms in total. The maximum Gasteiger partial charge on any atom is 0.243 e. The number of rotatable bonds is 17. The number of carbonyl (C=O) groups excluding carboxylic acids is 4. The lowest BCUT2D eigenvalue weighted by Gasteiger charge is -2.24. The van der Waals surface area contributed by atoms with Crippen molar-refractivity contribution in [2.45, 2.75) is 56.7 Å². The number of H-pyrrole nitrogens is 1. The van der Waals surface area contributed by atoms with Crippen LogP contribution in [0, 0.1) is 5.41 Å². The van der Waals surface area contributed by atoms with E-state index in [4.69, 9.17) is 16.9 Å². The number of nitrogens with two attached hydrogens (primary N) is 2. The smallest absolute Gasteiger partial charge is 0.243 e. The van der Waals surface area contributed by atoms with Gasteiger partial charge < -0.3 is 37.7 Å². The lowest BCUT2D eigenvalue weighted by molar-refractivity contribution is -0.133. The summed E-state index contributed by atoms with van der Waals surface area (Å²) >= 11 is 4.10. The number of primary amides is 1. The molecule has 0 aliphatic heterocycles. The zero-order chi connectivity index (χ0) is 31.2. The monoisotopic (exact) mass is 608 g/mol. The molecule has 3 rings (SSSR count). The van der Waals surface area contributed by atoms with Gasteiger partial charge in [0, 0.05) is 42.2 Å². The fourth-order valence-corrected chi connectivity index (χ4v) is 4.91. The zero-order valence-electron chi connectivity index (χ0n) is 23.9. The van der Waals surface area contributed by atoms with E-state index < -0.39 is 35.8 Å². The summed E-state index contributed by atoms with van der Waals surface area (Å²) in [5.74, 6) is -2.42. The number of aryl methyl sites for hydroxylation is 1. The van der Waals surface area contributed by atoms with E-state index in [1.165, 1.54) is 0 Å². The molecule has 0 radical (unpaired) electrons. The van der Waals surface area contributed by atoms with E-state index in [2.05, 4.69) is 38.9 Å². The molecule has 10 N–H and O–H groups in total. The molecule has 0 spiro atoms. The number of para-hydroxylation sites is 1. The number of hydrogen-bond acceptors (Lipinski definition) is 6. The van der Waals surface area contributed by atoms with Crippen molar-refractivity contribution in [1.29, 1.82) is 5.41 Å². The van der Waals surface area contributed by atoms with Gasteiger partial charge in [0.05, 0.1) is 0 Å². The van der Waals surface area contributed by atoms with Gasteiger partial charge in [-0.1, -0.05) is 48.5 Å². The van der Waals surface area contributed by atoms with Gasteiger partial charge in [0.15, 0.2) is 5.96 Å². The number of aromatic amines is 1. The third-order valence-corrected chi connectivity index (χ3v) is 7.29. The molecule has 0 bridgehead atoms. The Morgan fingerprint density at radius 2 is 1.53 bits per heavy atom. The summed E-state index contributed by atoms with van der Waals surface area (Å²) in [6.07, 6.45) is 4.06. The number of aromatic nitrogens is 1. The topological polar surface area (TPSA) is 208 Å². The molecule has 4 amide bonds. The number of hydrogen-bond donors (Lipinski definition) is 9. The lowest BCUT2D eigenvalue weighted by Crippen LogP contribution is -2.57. The molecule has 0 unspecified atom stereocenters. The van der Waals surface area contributed by atoms with Gasteiger partial charge >= 0.3 is 0 Å². The summed E-state index contributed by atoms with van der Waals surface area (Å²) in [6.45, 7) is 0.324. The van der Waals surface area contributed by atoms with Crippen LogP contribution >= 0.6 is 12.6 Å². The van der Waals surface area contributed by atoms with Crippen LogP contribution in [0.25, 0.3) is 10.9 Å². The molecule has 3 atom stereocenters. The minimum Gasteiger partial charge on any atom is -0.370 e. The predicted octanol–water partition coefficient (Wildman–Crippen LogP) is 0.866. The highest BCUT2D eigenvalue weighted by Gasteiger charge is 2.29. The first-order chi connectivity index (χ1) is 20.7. The number of nitrogens with one attached hydrogen (secondary N) is 6. The molecular weight excluding hydrogens is 568 g/mol. The van der Waals surface area contributed by atoms with Gasteiger partial charge in [0.25, 0.3) is 0 Å². The Labute approximate surface area is 256 Å². The Morgan fingerprint density at radius 3 is 2.23 bits per heavy atom. The highest BCUT2D eigenvalue weighted by atomic mass is 32.1. The van der Waals surface area contributed by atoms with Gasteiger partial charge in [0.1, 0.15) is 18.1 Å². The average molecular weight is 609 g/mol. The molecule has 1 heterocycles. The predicted molar refractivity (Wildman–Crippen MR) is 169 cm³/mol. The molecular formula is C30H40N8O4S. The molecule has 0 fully saturated rings. The van der Waals surface area contributed by atoms with Crippen molar-refractivity contribution in [2.24, 2.45) is 11.5 Å². The highest BCUT2D eigenvalue weighted by molar-refractivity contribution is 7.80. The van der Waals surface area contributed by atoms with Crippen LogP contribution in [0.5, 0.6) is 0 Å². The lowest BCUT2D eigenvalue weighted by atomic mass is 10.0. The fraction of sp³-hybridized carbons (Fsp3) is 0.367. The van der Waals surface area contributed by atoms with Crippen LogP contribution in [0.1, 0.15) is 36.8 Å². The number of guanidine groups is 1. The van der Waals surface area contributed by atoms with Crippen molar-refractivity contribution < 1.29 is 19.2 Å². The van der Waals surface area contributed by atoms with Crippen molar-refractivity contribution in [3.8, 4) is 0 Å². The Bertz CT molecular complexity index is 1400. The van der Waals surface area contributed by atoms with Crippen LogP contribution < -0.4 is 32.7 Å². The summed E-state index contributed by atoms with van der Waals surface area (Å²) in [7, 11) is 0. The highest BCUT2D eigenvalue weighted by Crippen LogP contribution is 2.19. The Morgan fingerprint density at radius 1 is 0.860 bits per heavy atom. The van der Waals surface area contributed by atoms with E-state index in [1.807, 2.05) is 54.6 Å². The van der Waals surface area contributed by atoms with Crippen LogP contribution in [-0.2, 0) is 32.0 Å². The van der Waals surface area contributed by atoms with Crippen molar-refractivity contribution in [3.63, 3.8) is 0 Å². The maximum atomic E-state index is 13.6. The van der Waals surface area contributed by atoms with Gasteiger partial charge in [-0.05, 0) is 42.9 Å². The average Bonchev–Trinajstić information content (AvgIpc) is 3.39. The molecule has 13 heteroatoms. The molecule has 0 aliphatic carbocycles. The van der Waals surface area contributed by atoms with Crippen molar-refractivity contribution in [2.75, 3.05) is 12.3 Å². The number of carbonyl (C=O) groups is 4. The van der Waals surface area contributed by atoms with Gasteiger partial charge in [-0.25, -0.2) is 0 Å². The largest absolute Gasteiger partial charge is 0.370 e. The van der Waals surface area contributed by atoms with Gasteiger partial charge in [-0.15, -0.1) is 0 Å². The molecule has 1 aromatic heterocycles. The molecule has 230 valence electrons. The zero-order valence-corrected chi connectivity index (χ0v) is 24.8. The molecule has 0 saturated heterocycles. The normalized spacial score (nSPS) is 13.0. The number of fused-ring (bicyclic) bond motifs is 1. The molecule has 3 aromatic rings. The third-order valence-electron chi connectivity index (χ3n) is 6.92. The van der Waals surface area contributed by atoms with Crippen LogP contribution in [-0.4, -0.2) is 65.0 Å². The Balaban J connectivity index is 1.74. The first-order valence-electron chi connectivity index (χ1n) is 14.1. The summed E-state index contributed by atoms with van der Waals surface area (Å²) < 4.78 is 0. The van der Waals surface area contributed by atoms with Crippen LogP contribution in [0.2, 0.25) is 0 Å². The summed E-state index contributed by atoms with van der Waals surface area (Å²) in [6, 6.07) is 14.3. The minimum absolute atomic E-state index is 0.0142. The second-order valence-electron chi connectivity index (χ2n) is 10.2. The second kappa shape index (κ2) is 16.8. The first kappa shape index (κ1) is 33.0. The number of amides is 4. The quantitative estimate of drug-likeness (QED) is 0.0470. The van der Waals surface area contributed by atoms with E-state index in [0.29, 0.717) is 25.8 Å². The van der Waals surface area contributed by atoms with Crippen LogP contribution in [0.3, 0.4) is 0 Å². The Kier molecular flexibility index (Phi) is 12.9. The van der Waals surface area contributed by atoms with Gasteiger partial charge in [-0.3, -0.25) is 24.6 Å². The van der Waals surface area contributed by atoms with E-state index >= 15 is 0 Å². The van der Waals surface area contributed by atoms with E-state index in [1.54, 1.807) is 6.20 Å². The van der Waals surface area contributed by atoms with Crippen molar-refractivity contribution >= 4 is 53.1 Å². The second-order valence-corrected chi connectivity index (χ2v) is 10.6.